The summed E-state index contributed by atoms with van der Waals surface area (Å²) < 4.78 is 12.1. The fourth-order valence-corrected chi connectivity index (χ4v) is 5.33. The lowest BCUT2D eigenvalue weighted by molar-refractivity contribution is -0.250. The minimum atomic E-state index is -1.47. The zero-order valence-electron chi connectivity index (χ0n) is 23.1. The Balaban J connectivity index is 1.45. The number of esters is 1. The largest absolute Gasteiger partial charge is 0.467 e. The van der Waals surface area contributed by atoms with E-state index in [0.29, 0.717) is 19.3 Å². The van der Waals surface area contributed by atoms with Crippen molar-refractivity contribution in [3.63, 3.8) is 0 Å². The van der Waals surface area contributed by atoms with Crippen LogP contribution in [0.25, 0.3) is 10.9 Å². The number of rotatable bonds is 11. The van der Waals surface area contributed by atoms with Crippen LogP contribution in [0.1, 0.15) is 41.3 Å². The molecule has 1 aliphatic rings. The molecule has 0 aliphatic carbocycles. The summed E-state index contributed by atoms with van der Waals surface area (Å²) in [5, 5.41) is 53.6. The highest BCUT2D eigenvalue weighted by Crippen LogP contribution is 2.35. The summed E-state index contributed by atoms with van der Waals surface area (Å²) in [5.74, 6) is -1.03. The van der Waals surface area contributed by atoms with Crippen molar-refractivity contribution in [3.05, 3.63) is 70.9 Å². The Hall–Kier alpha value is -3.32. The number of aromatic nitrogens is 1. The van der Waals surface area contributed by atoms with Crippen molar-refractivity contribution >= 4 is 22.8 Å². The van der Waals surface area contributed by atoms with Gasteiger partial charge >= 0.3 is 5.97 Å². The van der Waals surface area contributed by atoms with E-state index in [1.807, 2.05) is 55.6 Å². The summed E-state index contributed by atoms with van der Waals surface area (Å²) in [5.41, 5.74) is 4.92. The number of nitrogens with one attached hydrogen (secondary N) is 1. The minimum Gasteiger partial charge on any atom is -0.467 e. The summed E-state index contributed by atoms with van der Waals surface area (Å²) in [7, 11) is 1.19. The van der Waals surface area contributed by atoms with E-state index in [-0.39, 0.29) is 12.3 Å². The van der Waals surface area contributed by atoms with Crippen LogP contribution in [0.4, 0.5) is 0 Å². The normalized spacial score (nSPS) is 23.3. The number of fused-ring (bicyclic) bond motifs is 1. The van der Waals surface area contributed by atoms with Crippen molar-refractivity contribution in [1.29, 1.82) is 0 Å². The minimum absolute atomic E-state index is 0.200. The quantitative estimate of drug-likeness (QED) is 0.180. The Morgan fingerprint density at radius 1 is 1.02 bits per heavy atom. The Labute approximate surface area is 237 Å². The third-order valence-corrected chi connectivity index (χ3v) is 7.58. The molecule has 0 saturated carbocycles. The van der Waals surface area contributed by atoms with E-state index in [9.17, 15) is 35.1 Å². The molecule has 1 aliphatic heterocycles. The summed E-state index contributed by atoms with van der Waals surface area (Å²) in [4.78, 5) is 23.7. The number of aliphatic hydroxyl groups is 5. The van der Waals surface area contributed by atoms with Crippen LogP contribution in [-0.2, 0) is 31.9 Å². The van der Waals surface area contributed by atoms with Gasteiger partial charge in [-0.3, -0.25) is 4.79 Å². The number of nitrogens with zero attached hydrogens (tertiary/aromatic N) is 1. The molecular formula is C30H38N2O9. The van der Waals surface area contributed by atoms with E-state index in [4.69, 9.17) is 4.74 Å². The molecule has 2 heterocycles. The molecule has 0 unspecified atom stereocenters. The van der Waals surface area contributed by atoms with Gasteiger partial charge in [0.15, 0.2) is 12.3 Å². The number of ether oxygens (including phenoxy) is 2. The molecule has 0 radical (unpaired) electrons. The van der Waals surface area contributed by atoms with Crippen LogP contribution in [0.2, 0.25) is 0 Å². The smallest absolute Gasteiger partial charge is 0.330 e. The topological polar surface area (TPSA) is 171 Å². The number of hydrogen-bond donors (Lipinski definition) is 6. The van der Waals surface area contributed by atoms with Crippen molar-refractivity contribution in [1.82, 2.24) is 9.88 Å². The number of amides is 1. The van der Waals surface area contributed by atoms with Crippen LogP contribution >= 0.6 is 0 Å². The molecule has 41 heavy (non-hydrogen) atoms. The highest BCUT2D eigenvalue weighted by atomic mass is 16.6. The molecule has 1 fully saturated rings. The van der Waals surface area contributed by atoms with Crippen LogP contribution in [0, 0.1) is 6.92 Å². The van der Waals surface area contributed by atoms with Crippen LogP contribution in [-0.4, -0.2) is 92.8 Å². The standard InChI is InChI=1S/C30H38N2O9/c1-17-5-3-7-22-25(17)20(14-32(22)29-28(38)27(37)26(36)23(16-34)41-29)13-19-11-9-18(10-12-19)6-4-8-24(35)31-21(15-33)30(39)40-2/h3,5,7,9-12,14,21,23,26-29,33-34,36-38H,4,6,8,13,15-16H2,1-2H3,(H,31,35)/t21-,23+,26+,27-,28+,29+/m0/s1. The van der Waals surface area contributed by atoms with Gasteiger partial charge in [-0.15, -0.1) is 0 Å². The predicted molar refractivity (Wildman–Crippen MR) is 149 cm³/mol. The van der Waals surface area contributed by atoms with Gasteiger partial charge in [0.25, 0.3) is 0 Å². The summed E-state index contributed by atoms with van der Waals surface area (Å²) in [6, 6.07) is 12.8. The Morgan fingerprint density at radius 2 is 1.73 bits per heavy atom. The summed E-state index contributed by atoms with van der Waals surface area (Å²) in [6.45, 7) is 0.970. The maximum atomic E-state index is 12.1. The lowest BCUT2D eigenvalue weighted by Crippen LogP contribution is -2.56. The fourth-order valence-electron chi connectivity index (χ4n) is 5.33. The van der Waals surface area contributed by atoms with Gasteiger partial charge in [-0.05, 0) is 54.5 Å². The van der Waals surface area contributed by atoms with Gasteiger partial charge in [0.1, 0.15) is 24.4 Å². The maximum Gasteiger partial charge on any atom is 0.330 e. The first-order valence-electron chi connectivity index (χ1n) is 13.6. The highest BCUT2D eigenvalue weighted by Gasteiger charge is 2.44. The van der Waals surface area contributed by atoms with Gasteiger partial charge in [0.05, 0.1) is 25.8 Å². The van der Waals surface area contributed by atoms with Gasteiger partial charge in [-0.25, -0.2) is 4.79 Å². The molecular weight excluding hydrogens is 532 g/mol. The average Bonchev–Trinajstić information content (AvgIpc) is 3.34. The third-order valence-electron chi connectivity index (χ3n) is 7.58. The van der Waals surface area contributed by atoms with Gasteiger partial charge in [-0.2, -0.15) is 0 Å². The Morgan fingerprint density at radius 3 is 2.39 bits per heavy atom. The highest BCUT2D eigenvalue weighted by molar-refractivity contribution is 5.87. The van der Waals surface area contributed by atoms with Gasteiger partial charge in [0.2, 0.25) is 5.91 Å². The maximum absolute atomic E-state index is 12.1. The molecule has 1 saturated heterocycles. The van der Waals surface area contributed by atoms with E-state index in [0.717, 1.165) is 33.2 Å². The second-order valence-corrected chi connectivity index (χ2v) is 10.4. The van der Waals surface area contributed by atoms with Crippen molar-refractivity contribution in [2.24, 2.45) is 0 Å². The number of aryl methyl sites for hydroxylation is 2. The van der Waals surface area contributed by atoms with Crippen LogP contribution < -0.4 is 5.32 Å². The first kappa shape index (κ1) is 30.6. The van der Waals surface area contributed by atoms with Crippen molar-refractivity contribution in [2.45, 2.75) is 69.3 Å². The second kappa shape index (κ2) is 13.6. The Bertz CT molecular complexity index is 1340. The van der Waals surface area contributed by atoms with Gasteiger partial charge < -0.3 is 44.9 Å². The van der Waals surface area contributed by atoms with Crippen LogP contribution in [0.3, 0.4) is 0 Å². The first-order valence-corrected chi connectivity index (χ1v) is 13.6. The number of carbonyl (C=O) groups is 2. The van der Waals surface area contributed by atoms with Crippen molar-refractivity contribution in [2.75, 3.05) is 20.3 Å². The summed E-state index contributed by atoms with van der Waals surface area (Å²) in [6.07, 6.45) is -2.41. The predicted octanol–water partition coefficient (Wildman–Crippen LogP) is 0.486. The number of carbonyl (C=O) groups excluding carboxylic acids is 2. The lowest BCUT2D eigenvalue weighted by Gasteiger charge is -2.40. The SMILES string of the molecule is COC(=O)[C@H](CO)NC(=O)CCCc1ccc(Cc2cn([C@@H]3O[C@H](CO)[C@@H](O)[C@H](O)[C@H]3O)c3cccc(C)c23)cc1. The molecule has 222 valence electrons. The van der Waals surface area contributed by atoms with Crippen molar-refractivity contribution < 1.29 is 44.6 Å². The second-order valence-electron chi connectivity index (χ2n) is 10.4. The molecule has 1 aromatic heterocycles. The number of benzene rings is 2. The molecule has 0 bridgehead atoms. The number of methoxy groups -OCH3 is 1. The molecule has 6 atom stereocenters. The molecule has 4 rings (SSSR count). The Kier molecular flexibility index (Phi) is 10.1. The van der Waals surface area contributed by atoms with Gasteiger partial charge in [0, 0.05) is 18.0 Å². The molecule has 0 spiro atoms. The fraction of sp³-hybridized carbons (Fsp3) is 0.467. The average molecular weight is 571 g/mol. The van der Waals surface area contributed by atoms with Crippen LogP contribution in [0.15, 0.2) is 48.7 Å². The molecule has 6 N–H and O–H groups in total. The van der Waals surface area contributed by atoms with Crippen molar-refractivity contribution in [3.8, 4) is 0 Å². The van der Waals surface area contributed by atoms with E-state index >= 15 is 0 Å². The third kappa shape index (κ3) is 6.78. The summed E-state index contributed by atoms with van der Waals surface area (Å²) >= 11 is 0. The lowest BCUT2D eigenvalue weighted by atomic mass is 9.98. The molecule has 2 aromatic carbocycles. The van der Waals surface area contributed by atoms with E-state index < -0.39 is 55.9 Å². The van der Waals surface area contributed by atoms with E-state index in [2.05, 4.69) is 10.1 Å². The first-order chi connectivity index (χ1) is 19.7. The number of aliphatic hydroxyl groups excluding tert-OH is 5. The molecule has 3 aromatic rings. The number of hydrogen-bond acceptors (Lipinski definition) is 9. The molecule has 11 heteroatoms. The zero-order valence-corrected chi connectivity index (χ0v) is 23.1. The monoisotopic (exact) mass is 570 g/mol. The molecule has 1 amide bonds. The molecule has 11 nitrogen and oxygen atoms in total. The van der Waals surface area contributed by atoms with E-state index in [1.54, 1.807) is 4.57 Å². The van der Waals surface area contributed by atoms with Gasteiger partial charge in [-0.1, -0.05) is 36.4 Å². The van der Waals surface area contributed by atoms with E-state index in [1.165, 1.54) is 7.11 Å². The van der Waals surface area contributed by atoms with Crippen LogP contribution in [0.5, 0.6) is 0 Å². The zero-order chi connectivity index (χ0) is 29.7.